The quantitative estimate of drug-likeness (QED) is 0.701. The van der Waals surface area contributed by atoms with E-state index in [1.54, 1.807) is 0 Å². The highest BCUT2D eigenvalue weighted by Crippen LogP contribution is 2.32. The molecule has 4 rings (SSSR count). The number of hydrogen-bond acceptors (Lipinski definition) is 4. The smallest absolute Gasteiger partial charge is 0.251 e. The Balaban J connectivity index is 1.58. The van der Waals surface area contributed by atoms with Crippen molar-refractivity contribution in [1.29, 1.82) is 0 Å². The second-order valence-electron chi connectivity index (χ2n) is 7.30. The summed E-state index contributed by atoms with van der Waals surface area (Å²) in [5.74, 6) is 0.701. The summed E-state index contributed by atoms with van der Waals surface area (Å²) in [4.78, 5) is 25.1. The van der Waals surface area contributed by atoms with Gasteiger partial charge in [0.15, 0.2) is 11.5 Å². The van der Waals surface area contributed by atoms with E-state index < -0.39 is 0 Å². The maximum absolute atomic E-state index is 12.7. The van der Waals surface area contributed by atoms with Crippen LogP contribution in [-0.4, -0.2) is 21.4 Å². The van der Waals surface area contributed by atoms with Gasteiger partial charge in [-0.2, -0.15) is 0 Å². The Kier molecular flexibility index (Phi) is 5.03. The monoisotopic (exact) mass is 379 g/mol. The fourth-order valence-electron chi connectivity index (χ4n) is 4.09. The Morgan fingerprint density at radius 1 is 1.25 bits per heavy atom. The maximum atomic E-state index is 12.7. The van der Waals surface area contributed by atoms with Crippen LogP contribution in [0, 0.1) is 0 Å². The molecule has 0 saturated carbocycles. The van der Waals surface area contributed by atoms with Gasteiger partial charge in [-0.1, -0.05) is 18.5 Å². The van der Waals surface area contributed by atoms with E-state index >= 15 is 0 Å². The van der Waals surface area contributed by atoms with Crippen LogP contribution in [0.4, 0.5) is 0 Å². The van der Waals surface area contributed by atoms with Crippen molar-refractivity contribution in [3.8, 4) is 0 Å². The van der Waals surface area contributed by atoms with Gasteiger partial charge in [0.25, 0.3) is 5.91 Å². The molecule has 6 heteroatoms. The number of nitrogens with zero attached hydrogens (tertiary/aromatic N) is 2. The van der Waals surface area contributed by atoms with E-state index in [1.165, 1.54) is 0 Å². The summed E-state index contributed by atoms with van der Waals surface area (Å²) in [7, 11) is 0. The van der Waals surface area contributed by atoms with Gasteiger partial charge in [-0.05, 0) is 49.9 Å². The Hall–Kier alpha value is -2.89. The van der Waals surface area contributed by atoms with E-state index in [0.717, 1.165) is 60.1 Å². The molecule has 0 aliphatic heterocycles. The lowest BCUT2D eigenvalue weighted by Gasteiger charge is -2.13. The van der Waals surface area contributed by atoms with Gasteiger partial charge in [-0.3, -0.25) is 9.59 Å². The minimum atomic E-state index is -0.157. The van der Waals surface area contributed by atoms with Gasteiger partial charge in [0.1, 0.15) is 0 Å². The van der Waals surface area contributed by atoms with Gasteiger partial charge in [-0.25, -0.2) is 0 Å². The van der Waals surface area contributed by atoms with Gasteiger partial charge in [-0.15, -0.1) is 0 Å². The fourth-order valence-corrected chi connectivity index (χ4v) is 4.09. The largest absolute Gasteiger partial charge is 0.359 e. The number of nitrogens with one attached hydrogen (secondary N) is 1. The average Bonchev–Trinajstić information content (AvgIpc) is 3.28. The first kappa shape index (κ1) is 18.5. The maximum Gasteiger partial charge on any atom is 0.251 e. The predicted octanol–water partition coefficient (Wildman–Crippen LogP) is 4.05. The summed E-state index contributed by atoms with van der Waals surface area (Å²) in [5.41, 5.74) is 4.44. The lowest BCUT2D eigenvalue weighted by molar-refractivity contribution is 0.0944. The van der Waals surface area contributed by atoms with E-state index in [0.29, 0.717) is 24.3 Å². The number of hydrogen-bond donors (Lipinski definition) is 1. The van der Waals surface area contributed by atoms with Crippen molar-refractivity contribution in [2.75, 3.05) is 0 Å². The number of aromatic nitrogens is 2. The van der Waals surface area contributed by atoms with Crippen molar-refractivity contribution in [2.24, 2.45) is 0 Å². The molecule has 0 atom stereocenters. The Morgan fingerprint density at radius 3 is 2.89 bits per heavy atom. The Bertz CT molecular complexity index is 1040. The highest BCUT2D eigenvalue weighted by Gasteiger charge is 2.25. The van der Waals surface area contributed by atoms with Crippen LogP contribution in [0.5, 0.6) is 0 Å². The lowest BCUT2D eigenvalue weighted by Crippen LogP contribution is -2.22. The molecule has 0 radical (unpaired) electrons. The Morgan fingerprint density at radius 2 is 2.11 bits per heavy atom. The summed E-state index contributed by atoms with van der Waals surface area (Å²) >= 11 is 0. The number of fused-ring (bicyclic) bond motifs is 3. The van der Waals surface area contributed by atoms with Gasteiger partial charge in [0.05, 0.1) is 17.9 Å². The molecule has 2 aromatic heterocycles. The van der Waals surface area contributed by atoms with Crippen LogP contribution in [-0.2, 0) is 25.9 Å². The van der Waals surface area contributed by atoms with Gasteiger partial charge >= 0.3 is 0 Å². The average molecular weight is 379 g/mol. The third kappa shape index (κ3) is 3.23. The number of carbonyl (C=O) groups is 2. The van der Waals surface area contributed by atoms with Crippen molar-refractivity contribution in [2.45, 2.75) is 59.0 Å². The summed E-state index contributed by atoms with van der Waals surface area (Å²) in [6.07, 6.45) is 4.23. The normalized spacial score (nSPS) is 13.7. The molecule has 0 spiro atoms. The number of ketones is 1. The molecule has 6 nitrogen and oxygen atoms in total. The minimum Gasteiger partial charge on any atom is -0.359 e. The van der Waals surface area contributed by atoms with Crippen LogP contribution in [0.2, 0.25) is 0 Å². The first-order chi connectivity index (χ1) is 13.6. The van der Waals surface area contributed by atoms with Gasteiger partial charge in [0, 0.05) is 35.5 Å². The van der Waals surface area contributed by atoms with Crippen LogP contribution in [0.25, 0.3) is 10.9 Å². The molecule has 0 unspecified atom stereocenters. The lowest BCUT2D eigenvalue weighted by atomic mass is 9.94. The number of benzene rings is 1. The molecule has 28 heavy (non-hydrogen) atoms. The SMILES string of the molecule is CCCc1cc(CNC(=O)c2ccc3c(c2)c2c(n3CC)C(=O)CCC2)on1. The van der Waals surface area contributed by atoms with Crippen LogP contribution < -0.4 is 5.32 Å². The first-order valence-corrected chi connectivity index (χ1v) is 10.0. The molecular formula is C22H25N3O3. The van der Waals surface area contributed by atoms with Crippen molar-refractivity contribution < 1.29 is 14.1 Å². The number of amides is 1. The third-order valence-electron chi connectivity index (χ3n) is 5.38. The zero-order valence-electron chi connectivity index (χ0n) is 16.4. The molecule has 0 fully saturated rings. The Labute approximate surface area is 163 Å². The molecular weight excluding hydrogens is 354 g/mol. The number of carbonyl (C=O) groups excluding carboxylic acids is 2. The molecule has 3 aromatic rings. The second kappa shape index (κ2) is 7.62. The van der Waals surface area contributed by atoms with Crippen LogP contribution in [0.15, 0.2) is 28.8 Å². The molecule has 0 bridgehead atoms. The predicted molar refractivity (Wildman–Crippen MR) is 107 cm³/mol. The summed E-state index contributed by atoms with van der Waals surface area (Å²) in [5, 5.41) is 7.92. The number of rotatable bonds is 6. The molecule has 1 aliphatic rings. The first-order valence-electron chi connectivity index (χ1n) is 10.0. The topological polar surface area (TPSA) is 77.1 Å². The number of Topliss-reactive ketones (excluding diaryl/α,β-unsaturated/α-hetero) is 1. The van der Waals surface area contributed by atoms with Crippen molar-refractivity contribution in [3.05, 3.63) is 52.5 Å². The molecule has 0 saturated heterocycles. The molecule has 1 aromatic carbocycles. The van der Waals surface area contributed by atoms with Crippen LogP contribution >= 0.6 is 0 Å². The van der Waals surface area contributed by atoms with Crippen molar-refractivity contribution in [1.82, 2.24) is 15.0 Å². The number of aryl methyl sites for hydroxylation is 3. The molecule has 146 valence electrons. The van der Waals surface area contributed by atoms with Crippen molar-refractivity contribution >= 4 is 22.6 Å². The van der Waals surface area contributed by atoms with Crippen LogP contribution in [0.1, 0.15) is 71.0 Å². The zero-order chi connectivity index (χ0) is 19.7. The highest BCUT2D eigenvalue weighted by atomic mass is 16.5. The van der Waals surface area contributed by atoms with E-state index in [9.17, 15) is 9.59 Å². The zero-order valence-corrected chi connectivity index (χ0v) is 16.4. The van der Waals surface area contributed by atoms with Crippen LogP contribution in [0.3, 0.4) is 0 Å². The fraction of sp³-hybridized carbons (Fsp3) is 0.409. The molecule has 1 aliphatic carbocycles. The van der Waals surface area contributed by atoms with E-state index in [2.05, 4.69) is 22.0 Å². The van der Waals surface area contributed by atoms with Gasteiger partial charge in [0.2, 0.25) is 0 Å². The van der Waals surface area contributed by atoms with Gasteiger partial charge < -0.3 is 14.4 Å². The van der Waals surface area contributed by atoms with E-state index in [4.69, 9.17) is 4.52 Å². The van der Waals surface area contributed by atoms with Crippen molar-refractivity contribution in [3.63, 3.8) is 0 Å². The summed E-state index contributed by atoms with van der Waals surface area (Å²) < 4.78 is 7.35. The summed E-state index contributed by atoms with van der Waals surface area (Å²) in [6, 6.07) is 7.57. The second-order valence-corrected chi connectivity index (χ2v) is 7.30. The summed E-state index contributed by atoms with van der Waals surface area (Å²) in [6.45, 7) is 5.19. The highest BCUT2D eigenvalue weighted by molar-refractivity contribution is 6.06. The third-order valence-corrected chi connectivity index (χ3v) is 5.38. The molecule has 2 heterocycles. The molecule has 1 amide bonds. The minimum absolute atomic E-state index is 0.157. The van der Waals surface area contributed by atoms with E-state index in [-0.39, 0.29) is 11.7 Å². The van der Waals surface area contributed by atoms with E-state index in [1.807, 2.05) is 31.2 Å². The standard InChI is InChI=1S/C22H25N3O3/c1-3-6-15-12-16(28-24-15)13-23-22(27)14-9-10-19-18(11-14)17-7-5-8-20(26)21(17)25(19)4-2/h9-12H,3-8,13H2,1-2H3,(H,23,27). The molecule has 1 N–H and O–H groups in total.